The molecule has 0 atom stereocenters. The van der Waals surface area contributed by atoms with Gasteiger partial charge in [-0.25, -0.2) is 0 Å². The van der Waals surface area contributed by atoms with Crippen molar-refractivity contribution in [3.8, 4) is 11.5 Å². The molecule has 1 aliphatic rings. The summed E-state index contributed by atoms with van der Waals surface area (Å²) in [7, 11) is 0. The van der Waals surface area contributed by atoms with Gasteiger partial charge in [-0.2, -0.15) is 0 Å². The van der Waals surface area contributed by atoms with Crippen LogP contribution in [0.4, 0.5) is 0 Å². The molecule has 0 radical (unpaired) electrons. The highest BCUT2D eigenvalue weighted by molar-refractivity contribution is 7.99. The molecule has 0 unspecified atom stereocenters. The van der Waals surface area contributed by atoms with E-state index in [2.05, 4.69) is 27.0 Å². The minimum absolute atomic E-state index is 0.0241. The number of carbonyl (C=O) groups is 1. The van der Waals surface area contributed by atoms with Crippen molar-refractivity contribution in [3.05, 3.63) is 65.5 Å². The zero-order valence-electron chi connectivity index (χ0n) is 17.5. The van der Waals surface area contributed by atoms with Gasteiger partial charge in [0, 0.05) is 25.9 Å². The molecule has 0 saturated heterocycles. The van der Waals surface area contributed by atoms with Crippen molar-refractivity contribution in [1.82, 2.24) is 20.1 Å². The number of nitrogens with one attached hydrogen (secondary N) is 1. The molecule has 3 aromatic rings. The molecule has 0 fully saturated rings. The summed E-state index contributed by atoms with van der Waals surface area (Å²) in [5, 5.41) is 12.4. The Bertz CT molecular complexity index is 1020. The van der Waals surface area contributed by atoms with Crippen LogP contribution in [0.15, 0.2) is 53.7 Å². The number of amides is 1. The van der Waals surface area contributed by atoms with Crippen LogP contribution in [0.25, 0.3) is 0 Å². The van der Waals surface area contributed by atoms with E-state index in [9.17, 15) is 4.79 Å². The average molecular weight is 439 g/mol. The fourth-order valence-corrected chi connectivity index (χ4v) is 4.20. The molecule has 7 nitrogen and oxygen atoms in total. The number of ether oxygens (including phenoxy) is 2. The van der Waals surface area contributed by atoms with Gasteiger partial charge in [0.25, 0.3) is 0 Å². The number of carbonyl (C=O) groups excluding carboxylic acids is 1. The number of nitrogens with zero attached hydrogens (tertiary/aromatic N) is 3. The van der Waals surface area contributed by atoms with Crippen LogP contribution in [-0.2, 0) is 24.3 Å². The smallest absolute Gasteiger partial charge is 0.230 e. The quantitative estimate of drug-likeness (QED) is 0.543. The molecule has 1 aromatic heterocycles. The zero-order chi connectivity index (χ0) is 21.5. The molecule has 1 amide bonds. The van der Waals surface area contributed by atoms with E-state index in [1.165, 1.54) is 11.8 Å². The van der Waals surface area contributed by atoms with E-state index in [0.29, 0.717) is 31.9 Å². The number of fused-ring (bicyclic) bond motifs is 1. The highest BCUT2D eigenvalue weighted by Gasteiger charge is 2.16. The minimum Gasteiger partial charge on any atom is -0.490 e. The van der Waals surface area contributed by atoms with Crippen LogP contribution in [0.1, 0.15) is 30.3 Å². The van der Waals surface area contributed by atoms with Gasteiger partial charge in [-0.15, -0.1) is 10.2 Å². The summed E-state index contributed by atoms with van der Waals surface area (Å²) in [4.78, 5) is 12.2. The Morgan fingerprint density at radius 3 is 2.68 bits per heavy atom. The fourth-order valence-electron chi connectivity index (χ4n) is 3.35. The molecule has 8 heteroatoms. The lowest BCUT2D eigenvalue weighted by molar-refractivity contribution is -0.118. The molecule has 162 valence electrons. The lowest BCUT2D eigenvalue weighted by atomic mass is 10.1. The van der Waals surface area contributed by atoms with Crippen molar-refractivity contribution >= 4 is 17.7 Å². The van der Waals surface area contributed by atoms with E-state index in [1.54, 1.807) is 0 Å². The highest BCUT2D eigenvalue weighted by Crippen LogP contribution is 2.31. The first-order valence-corrected chi connectivity index (χ1v) is 11.5. The molecule has 0 spiro atoms. The molecule has 0 saturated carbocycles. The molecule has 2 aromatic carbocycles. The summed E-state index contributed by atoms with van der Waals surface area (Å²) in [6.07, 6.45) is 1.52. The summed E-state index contributed by atoms with van der Waals surface area (Å²) >= 11 is 1.40. The lowest BCUT2D eigenvalue weighted by Gasteiger charge is -2.10. The number of thioether (sulfide) groups is 1. The first-order chi connectivity index (χ1) is 15.2. The molecule has 1 N–H and O–H groups in total. The Balaban J connectivity index is 1.36. The number of rotatable bonds is 8. The fraction of sp³-hybridized carbons (Fsp3) is 0.348. The first kappa shape index (κ1) is 21.2. The first-order valence-electron chi connectivity index (χ1n) is 10.5. The Kier molecular flexibility index (Phi) is 7.09. The predicted molar refractivity (Wildman–Crippen MR) is 120 cm³/mol. The van der Waals surface area contributed by atoms with E-state index in [-0.39, 0.29) is 5.91 Å². The van der Waals surface area contributed by atoms with Crippen LogP contribution in [0.5, 0.6) is 11.5 Å². The second-order valence-corrected chi connectivity index (χ2v) is 8.14. The van der Waals surface area contributed by atoms with Gasteiger partial charge in [0.15, 0.2) is 16.7 Å². The Morgan fingerprint density at radius 1 is 1.06 bits per heavy atom. The number of aromatic nitrogens is 3. The third kappa shape index (κ3) is 5.58. The SMILES string of the molecule is CCn1c(Cc2ccc3c(c2)OCCCO3)nnc1SCC(=O)NCc1ccccc1. The molecule has 31 heavy (non-hydrogen) atoms. The maximum atomic E-state index is 12.2. The van der Waals surface area contributed by atoms with Crippen LogP contribution >= 0.6 is 11.8 Å². The second kappa shape index (κ2) is 10.3. The largest absolute Gasteiger partial charge is 0.490 e. The van der Waals surface area contributed by atoms with E-state index in [1.807, 2.05) is 48.5 Å². The van der Waals surface area contributed by atoms with Crippen molar-refractivity contribution < 1.29 is 14.3 Å². The van der Waals surface area contributed by atoms with Gasteiger partial charge in [0.2, 0.25) is 5.91 Å². The van der Waals surface area contributed by atoms with E-state index in [0.717, 1.165) is 46.6 Å². The van der Waals surface area contributed by atoms with Crippen molar-refractivity contribution in [3.63, 3.8) is 0 Å². The summed E-state index contributed by atoms with van der Waals surface area (Å²) in [6.45, 7) is 4.65. The van der Waals surface area contributed by atoms with Gasteiger partial charge < -0.3 is 19.4 Å². The minimum atomic E-state index is -0.0241. The summed E-state index contributed by atoms with van der Waals surface area (Å²) in [6, 6.07) is 15.9. The van der Waals surface area contributed by atoms with E-state index in [4.69, 9.17) is 9.47 Å². The Labute approximate surface area is 186 Å². The van der Waals surface area contributed by atoms with E-state index >= 15 is 0 Å². The number of benzene rings is 2. The predicted octanol–water partition coefficient (Wildman–Crippen LogP) is 3.46. The molecule has 1 aliphatic heterocycles. The second-order valence-electron chi connectivity index (χ2n) is 7.20. The molecule has 0 bridgehead atoms. The maximum absolute atomic E-state index is 12.2. The van der Waals surface area contributed by atoms with Crippen LogP contribution in [0.3, 0.4) is 0 Å². The third-order valence-corrected chi connectivity index (χ3v) is 5.92. The van der Waals surface area contributed by atoms with Crippen LogP contribution in [-0.4, -0.2) is 39.6 Å². The maximum Gasteiger partial charge on any atom is 0.230 e. The third-order valence-electron chi connectivity index (χ3n) is 4.95. The Morgan fingerprint density at radius 2 is 1.87 bits per heavy atom. The van der Waals surface area contributed by atoms with Gasteiger partial charge in [0.05, 0.1) is 19.0 Å². The molecule has 4 rings (SSSR count). The van der Waals surface area contributed by atoms with Crippen LogP contribution < -0.4 is 14.8 Å². The van der Waals surface area contributed by atoms with Gasteiger partial charge in [-0.05, 0) is 30.2 Å². The average Bonchev–Trinajstić information content (AvgIpc) is 3.03. The molecular weight excluding hydrogens is 412 g/mol. The topological polar surface area (TPSA) is 78.3 Å². The van der Waals surface area contributed by atoms with Gasteiger partial charge in [-0.1, -0.05) is 48.2 Å². The lowest BCUT2D eigenvalue weighted by Crippen LogP contribution is -2.24. The summed E-state index contributed by atoms with van der Waals surface area (Å²) < 4.78 is 13.6. The normalized spacial score (nSPS) is 12.9. The standard InChI is InChI=1S/C23H26N4O3S/c1-2-27-21(14-18-9-10-19-20(13-18)30-12-6-11-29-19)25-26-23(27)31-16-22(28)24-15-17-7-4-3-5-8-17/h3-5,7-10,13H,2,6,11-12,14-16H2,1H3,(H,24,28). The van der Waals surface area contributed by atoms with Crippen molar-refractivity contribution in [1.29, 1.82) is 0 Å². The van der Waals surface area contributed by atoms with Crippen LogP contribution in [0.2, 0.25) is 0 Å². The van der Waals surface area contributed by atoms with Gasteiger partial charge >= 0.3 is 0 Å². The zero-order valence-corrected chi connectivity index (χ0v) is 18.4. The highest BCUT2D eigenvalue weighted by atomic mass is 32.2. The molecule has 2 heterocycles. The Hall–Kier alpha value is -3.00. The molecular formula is C23H26N4O3S. The number of hydrogen-bond donors (Lipinski definition) is 1. The van der Waals surface area contributed by atoms with Gasteiger partial charge in [0.1, 0.15) is 5.82 Å². The van der Waals surface area contributed by atoms with Crippen molar-refractivity contribution in [2.45, 2.75) is 38.0 Å². The van der Waals surface area contributed by atoms with E-state index < -0.39 is 0 Å². The van der Waals surface area contributed by atoms with Crippen molar-refractivity contribution in [2.75, 3.05) is 19.0 Å². The monoisotopic (exact) mass is 438 g/mol. The number of hydrogen-bond acceptors (Lipinski definition) is 6. The van der Waals surface area contributed by atoms with Crippen LogP contribution in [0, 0.1) is 0 Å². The van der Waals surface area contributed by atoms with Crippen molar-refractivity contribution in [2.24, 2.45) is 0 Å². The summed E-state index contributed by atoms with van der Waals surface area (Å²) in [5.41, 5.74) is 2.17. The molecule has 0 aliphatic carbocycles. The summed E-state index contributed by atoms with van der Waals surface area (Å²) in [5.74, 6) is 2.71. The van der Waals surface area contributed by atoms with Gasteiger partial charge in [-0.3, -0.25) is 4.79 Å².